The highest BCUT2D eigenvalue weighted by atomic mass is 35.5. The fourth-order valence-corrected chi connectivity index (χ4v) is 2.02. The molecule has 1 aromatic heterocycles. The number of carbonyl (C=O) groups is 1. The SMILES string of the molecule is Cn1cnc2c1CN(C(=O)C(Cl)Cl)CC2. The summed E-state index contributed by atoms with van der Waals surface area (Å²) in [6, 6.07) is 0. The summed E-state index contributed by atoms with van der Waals surface area (Å²) in [5.74, 6) is -0.231. The lowest BCUT2D eigenvalue weighted by molar-refractivity contribution is -0.130. The molecule has 1 aliphatic rings. The molecule has 2 heterocycles. The second-order valence-corrected chi connectivity index (χ2v) is 4.66. The maximum atomic E-state index is 11.6. The summed E-state index contributed by atoms with van der Waals surface area (Å²) in [5, 5.41) is 0. The molecule has 2 rings (SSSR count). The molecule has 0 saturated heterocycles. The predicted molar refractivity (Wildman–Crippen MR) is 57.8 cm³/mol. The maximum Gasteiger partial charge on any atom is 0.256 e. The first-order chi connectivity index (χ1) is 7.09. The summed E-state index contributed by atoms with van der Waals surface area (Å²) in [7, 11) is 1.92. The lowest BCUT2D eigenvalue weighted by Crippen LogP contribution is -2.39. The number of amides is 1. The van der Waals surface area contributed by atoms with E-state index in [1.54, 1.807) is 11.2 Å². The third kappa shape index (κ3) is 1.96. The van der Waals surface area contributed by atoms with Crippen LogP contribution in [0.15, 0.2) is 6.33 Å². The molecule has 0 aromatic carbocycles. The molecular weight excluding hydrogens is 237 g/mol. The van der Waals surface area contributed by atoms with Crippen LogP contribution in [0, 0.1) is 0 Å². The summed E-state index contributed by atoms with van der Waals surface area (Å²) in [6.45, 7) is 1.18. The second kappa shape index (κ2) is 4.02. The van der Waals surface area contributed by atoms with Crippen molar-refractivity contribution in [3.63, 3.8) is 0 Å². The Hall–Kier alpha value is -0.740. The van der Waals surface area contributed by atoms with Gasteiger partial charge in [0.25, 0.3) is 5.91 Å². The Morgan fingerprint density at radius 3 is 3.00 bits per heavy atom. The number of aryl methyl sites for hydroxylation is 1. The van der Waals surface area contributed by atoms with E-state index in [9.17, 15) is 4.79 Å². The molecule has 0 saturated carbocycles. The van der Waals surface area contributed by atoms with E-state index in [0.717, 1.165) is 17.8 Å². The van der Waals surface area contributed by atoms with Crippen LogP contribution in [0.1, 0.15) is 11.4 Å². The van der Waals surface area contributed by atoms with Gasteiger partial charge < -0.3 is 9.47 Å². The summed E-state index contributed by atoms with van der Waals surface area (Å²) >= 11 is 11.1. The summed E-state index contributed by atoms with van der Waals surface area (Å²) in [4.78, 5) is 16.5. The van der Waals surface area contributed by atoms with Crippen LogP contribution in [0.3, 0.4) is 0 Å². The molecule has 15 heavy (non-hydrogen) atoms. The van der Waals surface area contributed by atoms with Crippen LogP contribution >= 0.6 is 23.2 Å². The van der Waals surface area contributed by atoms with E-state index in [0.29, 0.717) is 13.1 Å². The van der Waals surface area contributed by atoms with Crippen molar-refractivity contribution in [2.75, 3.05) is 6.54 Å². The number of rotatable bonds is 1. The Morgan fingerprint density at radius 1 is 1.60 bits per heavy atom. The van der Waals surface area contributed by atoms with E-state index in [1.807, 2.05) is 11.6 Å². The molecule has 82 valence electrons. The highest BCUT2D eigenvalue weighted by Crippen LogP contribution is 2.19. The number of carbonyl (C=O) groups excluding carboxylic acids is 1. The van der Waals surface area contributed by atoms with Crippen molar-refractivity contribution in [2.45, 2.75) is 17.8 Å². The van der Waals surface area contributed by atoms with Gasteiger partial charge in [-0.25, -0.2) is 4.98 Å². The van der Waals surface area contributed by atoms with Crippen molar-refractivity contribution in [1.82, 2.24) is 14.5 Å². The smallest absolute Gasteiger partial charge is 0.256 e. The van der Waals surface area contributed by atoms with Crippen molar-refractivity contribution >= 4 is 29.1 Å². The van der Waals surface area contributed by atoms with Gasteiger partial charge in [-0.3, -0.25) is 4.79 Å². The minimum absolute atomic E-state index is 0.231. The molecule has 0 N–H and O–H groups in total. The fraction of sp³-hybridized carbons (Fsp3) is 0.556. The first-order valence-corrected chi connectivity index (χ1v) is 5.53. The molecule has 1 aliphatic heterocycles. The molecule has 0 bridgehead atoms. The van der Waals surface area contributed by atoms with Crippen molar-refractivity contribution in [1.29, 1.82) is 0 Å². The van der Waals surface area contributed by atoms with E-state index < -0.39 is 4.84 Å². The van der Waals surface area contributed by atoms with Gasteiger partial charge in [-0.15, -0.1) is 0 Å². The highest BCUT2D eigenvalue weighted by molar-refractivity contribution is 6.53. The number of imidazole rings is 1. The van der Waals surface area contributed by atoms with Crippen molar-refractivity contribution in [2.24, 2.45) is 7.05 Å². The topological polar surface area (TPSA) is 38.1 Å². The van der Waals surface area contributed by atoms with Gasteiger partial charge in [-0.2, -0.15) is 0 Å². The predicted octanol–water partition coefficient (Wildman–Crippen LogP) is 1.11. The summed E-state index contributed by atoms with van der Waals surface area (Å²) < 4.78 is 1.92. The number of nitrogens with zero attached hydrogens (tertiary/aromatic N) is 3. The number of halogens is 2. The standard InChI is InChI=1S/C9H11Cl2N3O/c1-13-5-12-6-2-3-14(4-7(6)13)9(15)8(10)11/h5,8H,2-4H2,1H3. The zero-order chi connectivity index (χ0) is 11.0. The van der Waals surface area contributed by atoms with E-state index in [4.69, 9.17) is 23.2 Å². The zero-order valence-electron chi connectivity index (χ0n) is 8.28. The molecule has 6 heteroatoms. The van der Waals surface area contributed by atoms with Gasteiger partial charge >= 0.3 is 0 Å². The zero-order valence-corrected chi connectivity index (χ0v) is 9.79. The number of hydrogen-bond donors (Lipinski definition) is 0. The number of hydrogen-bond acceptors (Lipinski definition) is 2. The molecule has 0 fully saturated rings. The molecule has 0 unspecified atom stereocenters. The number of aromatic nitrogens is 2. The van der Waals surface area contributed by atoms with Gasteiger partial charge in [0.15, 0.2) is 4.84 Å². The molecule has 0 spiro atoms. The quantitative estimate of drug-likeness (QED) is 0.698. The normalized spacial score (nSPS) is 15.6. The molecule has 4 nitrogen and oxygen atoms in total. The van der Waals surface area contributed by atoms with Crippen molar-refractivity contribution in [3.05, 3.63) is 17.7 Å². The van der Waals surface area contributed by atoms with E-state index in [1.165, 1.54) is 0 Å². The minimum atomic E-state index is -0.972. The van der Waals surface area contributed by atoms with Gasteiger partial charge in [-0.05, 0) is 0 Å². The maximum absolute atomic E-state index is 11.6. The monoisotopic (exact) mass is 247 g/mol. The third-order valence-corrected chi connectivity index (χ3v) is 2.98. The summed E-state index contributed by atoms with van der Waals surface area (Å²) in [5.41, 5.74) is 2.12. The summed E-state index contributed by atoms with van der Waals surface area (Å²) in [6.07, 6.45) is 2.53. The molecule has 1 aromatic rings. The van der Waals surface area contributed by atoms with Gasteiger partial charge in [0.1, 0.15) is 0 Å². The number of alkyl halides is 2. The van der Waals surface area contributed by atoms with Crippen LogP contribution in [0.5, 0.6) is 0 Å². The fourth-order valence-electron chi connectivity index (χ4n) is 1.74. The van der Waals surface area contributed by atoms with Crippen LogP contribution in [0.25, 0.3) is 0 Å². The van der Waals surface area contributed by atoms with E-state index in [2.05, 4.69) is 4.98 Å². The largest absolute Gasteiger partial charge is 0.336 e. The Bertz CT molecular complexity index is 389. The average Bonchev–Trinajstić information content (AvgIpc) is 2.59. The Labute approximate surface area is 97.8 Å². The molecule has 1 amide bonds. The van der Waals surface area contributed by atoms with Crippen LogP contribution in [0.4, 0.5) is 0 Å². The van der Waals surface area contributed by atoms with Crippen LogP contribution < -0.4 is 0 Å². The Morgan fingerprint density at radius 2 is 2.33 bits per heavy atom. The van der Waals surface area contributed by atoms with Crippen molar-refractivity contribution < 1.29 is 4.79 Å². The van der Waals surface area contributed by atoms with E-state index in [-0.39, 0.29) is 5.91 Å². The molecule has 0 atom stereocenters. The molecule has 0 aliphatic carbocycles. The Balaban J connectivity index is 2.18. The van der Waals surface area contributed by atoms with Gasteiger partial charge in [-0.1, -0.05) is 23.2 Å². The number of fused-ring (bicyclic) bond motifs is 1. The minimum Gasteiger partial charge on any atom is -0.336 e. The van der Waals surface area contributed by atoms with Crippen LogP contribution in [-0.4, -0.2) is 31.7 Å². The first kappa shape index (κ1) is 10.8. The lowest BCUT2D eigenvalue weighted by Gasteiger charge is -2.27. The third-order valence-electron chi connectivity index (χ3n) is 2.60. The van der Waals surface area contributed by atoms with Gasteiger partial charge in [0.05, 0.1) is 24.3 Å². The molecule has 0 radical (unpaired) electrons. The van der Waals surface area contributed by atoms with Crippen molar-refractivity contribution in [3.8, 4) is 0 Å². The van der Waals surface area contributed by atoms with Crippen LogP contribution in [-0.2, 0) is 24.8 Å². The lowest BCUT2D eigenvalue weighted by atomic mass is 10.1. The van der Waals surface area contributed by atoms with Gasteiger partial charge in [0, 0.05) is 20.0 Å². The second-order valence-electron chi connectivity index (χ2n) is 3.56. The van der Waals surface area contributed by atoms with Gasteiger partial charge in [0.2, 0.25) is 0 Å². The van der Waals surface area contributed by atoms with E-state index >= 15 is 0 Å². The highest BCUT2D eigenvalue weighted by Gasteiger charge is 2.26. The Kier molecular flexibility index (Phi) is 2.89. The first-order valence-electron chi connectivity index (χ1n) is 4.65. The average molecular weight is 248 g/mol. The van der Waals surface area contributed by atoms with Crippen LogP contribution in [0.2, 0.25) is 0 Å². The molecular formula is C9H11Cl2N3O.